The summed E-state index contributed by atoms with van der Waals surface area (Å²) in [6.45, 7) is 5.48. The van der Waals surface area contributed by atoms with Gasteiger partial charge in [-0.2, -0.15) is 0 Å². The highest BCUT2D eigenvalue weighted by molar-refractivity contribution is 5.89. The molecule has 104 valence electrons. The number of nitrogens with one attached hydrogen (secondary N) is 1. The number of carbonyl (C=O) groups excluding carboxylic acids is 2. The molecule has 0 aromatic carbocycles. The van der Waals surface area contributed by atoms with Crippen molar-refractivity contribution in [1.82, 2.24) is 10.2 Å². The van der Waals surface area contributed by atoms with Crippen molar-refractivity contribution in [3.8, 4) is 0 Å². The Kier molecular flexibility index (Phi) is 5.59. The fourth-order valence-corrected chi connectivity index (χ4v) is 2.40. The number of hydrogen-bond donors (Lipinski definition) is 2. The van der Waals surface area contributed by atoms with Crippen LogP contribution in [0.1, 0.15) is 33.1 Å². The Balaban J connectivity index is 2.39. The summed E-state index contributed by atoms with van der Waals surface area (Å²) in [6, 6.07) is -0.333. The lowest BCUT2D eigenvalue weighted by Crippen LogP contribution is -2.41. The van der Waals surface area contributed by atoms with E-state index in [9.17, 15) is 9.59 Å². The van der Waals surface area contributed by atoms with Gasteiger partial charge in [-0.1, -0.05) is 13.8 Å². The minimum absolute atomic E-state index is 0.0107. The van der Waals surface area contributed by atoms with Crippen LogP contribution in [0.4, 0.5) is 0 Å². The Morgan fingerprint density at radius 3 is 2.67 bits per heavy atom. The Labute approximate surface area is 109 Å². The third-order valence-electron chi connectivity index (χ3n) is 3.37. The number of rotatable bonds is 6. The summed E-state index contributed by atoms with van der Waals surface area (Å²) in [7, 11) is 1.76. The second-order valence-electron chi connectivity index (χ2n) is 5.60. The third kappa shape index (κ3) is 4.29. The first-order chi connectivity index (χ1) is 8.43. The van der Waals surface area contributed by atoms with Gasteiger partial charge in [-0.15, -0.1) is 0 Å². The van der Waals surface area contributed by atoms with E-state index >= 15 is 0 Å². The predicted octanol–water partition coefficient (Wildman–Crippen LogP) is 0.344. The predicted molar refractivity (Wildman–Crippen MR) is 70.8 cm³/mol. The Morgan fingerprint density at radius 1 is 1.56 bits per heavy atom. The van der Waals surface area contributed by atoms with Crippen molar-refractivity contribution < 1.29 is 9.59 Å². The minimum atomic E-state index is -0.333. The first kappa shape index (κ1) is 15.0. The summed E-state index contributed by atoms with van der Waals surface area (Å²) >= 11 is 0. The van der Waals surface area contributed by atoms with Crippen LogP contribution in [-0.2, 0) is 9.59 Å². The molecule has 1 aliphatic rings. The minimum Gasteiger partial charge on any atom is -0.344 e. The Bertz CT molecular complexity index is 305. The number of nitrogens with two attached hydrogens (primary N) is 1. The average molecular weight is 255 g/mol. The SMILES string of the molecule is CC(C)CC(CN)CC(=O)NC1CCN(C)C1=O. The molecule has 2 atom stereocenters. The summed E-state index contributed by atoms with van der Waals surface area (Å²) in [5.74, 6) is 0.695. The van der Waals surface area contributed by atoms with E-state index in [0.29, 0.717) is 25.3 Å². The maximum absolute atomic E-state index is 11.9. The van der Waals surface area contributed by atoms with E-state index in [1.54, 1.807) is 11.9 Å². The van der Waals surface area contributed by atoms with Crippen molar-refractivity contribution in [1.29, 1.82) is 0 Å². The maximum atomic E-state index is 11.9. The molecule has 0 saturated carbocycles. The van der Waals surface area contributed by atoms with Gasteiger partial charge in [0.05, 0.1) is 0 Å². The number of nitrogens with zero attached hydrogens (tertiary/aromatic N) is 1. The molecule has 0 aliphatic carbocycles. The first-order valence-electron chi connectivity index (χ1n) is 6.68. The van der Waals surface area contributed by atoms with Crippen LogP contribution in [0.3, 0.4) is 0 Å². The second-order valence-corrected chi connectivity index (χ2v) is 5.60. The van der Waals surface area contributed by atoms with E-state index in [1.807, 2.05) is 0 Å². The van der Waals surface area contributed by atoms with Crippen LogP contribution >= 0.6 is 0 Å². The summed E-state index contributed by atoms with van der Waals surface area (Å²) in [4.78, 5) is 25.2. The van der Waals surface area contributed by atoms with E-state index in [0.717, 1.165) is 13.0 Å². The average Bonchev–Trinajstić information content (AvgIpc) is 2.59. The molecule has 0 aromatic rings. The van der Waals surface area contributed by atoms with Crippen LogP contribution in [-0.4, -0.2) is 42.9 Å². The molecule has 2 unspecified atom stereocenters. The number of likely N-dealkylation sites (N-methyl/N-ethyl adjacent to an activating group) is 1. The molecule has 1 saturated heterocycles. The molecule has 1 fully saturated rings. The van der Waals surface area contributed by atoms with Gasteiger partial charge in [0.15, 0.2) is 0 Å². The lowest BCUT2D eigenvalue weighted by molar-refractivity contribution is -0.132. The van der Waals surface area contributed by atoms with Gasteiger partial charge in [-0.3, -0.25) is 9.59 Å². The highest BCUT2D eigenvalue weighted by atomic mass is 16.2. The van der Waals surface area contributed by atoms with Gasteiger partial charge in [0.1, 0.15) is 6.04 Å². The van der Waals surface area contributed by atoms with Crippen molar-refractivity contribution in [2.24, 2.45) is 17.6 Å². The molecule has 2 amide bonds. The number of hydrogen-bond acceptors (Lipinski definition) is 3. The molecule has 3 N–H and O–H groups in total. The molecule has 1 aliphatic heterocycles. The fraction of sp³-hybridized carbons (Fsp3) is 0.846. The Morgan fingerprint density at radius 2 is 2.22 bits per heavy atom. The molecule has 0 spiro atoms. The molecule has 1 heterocycles. The lowest BCUT2D eigenvalue weighted by Gasteiger charge is -2.18. The summed E-state index contributed by atoms with van der Waals surface area (Å²) in [5, 5.41) is 2.81. The highest BCUT2D eigenvalue weighted by Crippen LogP contribution is 2.15. The van der Waals surface area contributed by atoms with E-state index < -0.39 is 0 Å². The van der Waals surface area contributed by atoms with Crippen LogP contribution in [0.2, 0.25) is 0 Å². The quantitative estimate of drug-likeness (QED) is 0.719. The van der Waals surface area contributed by atoms with E-state index in [1.165, 1.54) is 0 Å². The van der Waals surface area contributed by atoms with Crippen LogP contribution < -0.4 is 11.1 Å². The smallest absolute Gasteiger partial charge is 0.244 e. The van der Waals surface area contributed by atoms with E-state index in [4.69, 9.17) is 5.73 Å². The number of amides is 2. The fourth-order valence-electron chi connectivity index (χ4n) is 2.40. The highest BCUT2D eigenvalue weighted by Gasteiger charge is 2.30. The van der Waals surface area contributed by atoms with E-state index in [2.05, 4.69) is 19.2 Å². The van der Waals surface area contributed by atoms with Gasteiger partial charge in [-0.25, -0.2) is 0 Å². The molecule has 0 aromatic heterocycles. The maximum Gasteiger partial charge on any atom is 0.244 e. The topological polar surface area (TPSA) is 75.4 Å². The molecule has 0 radical (unpaired) electrons. The molecule has 18 heavy (non-hydrogen) atoms. The molecule has 5 nitrogen and oxygen atoms in total. The van der Waals surface area contributed by atoms with Crippen LogP contribution in [0, 0.1) is 11.8 Å². The molecular weight excluding hydrogens is 230 g/mol. The van der Waals surface area contributed by atoms with Gasteiger partial charge >= 0.3 is 0 Å². The van der Waals surface area contributed by atoms with Crippen molar-refractivity contribution in [2.45, 2.75) is 39.2 Å². The van der Waals surface area contributed by atoms with Crippen molar-refractivity contribution in [3.05, 3.63) is 0 Å². The summed E-state index contributed by atoms with van der Waals surface area (Å²) < 4.78 is 0. The Hall–Kier alpha value is -1.10. The zero-order chi connectivity index (χ0) is 13.7. The first-order valence-corrected chi connectivity index (χ1v) is 6.68. The lowest BCUT2D eigenvalue weighted by atomic mass is 9.94. The normalized spacial score (nSPS) is 21.5. The van der Waals surface area contributed by atoms with Crippen LogP contribution in [0.5, 0.6) is 0 Å². The zero-order valence-corrected chi connectivity index (χ0v) is 11.6. The van der Waals surface area contributed by atoms with Gasteiger partial charge in [0.2, 0.25) is 11.8 Å². The molecule has 0 bridgehead atoms. The molecule has 1 rings (SSSR count). The van der Waals surface area contributed by atoms with Gasteiger partial charge in [0.25, 0.3) is 0 Å². The van der Waals surface area contributed by atoms with Crippen molar-refractivity contribution in [3.63, 3.8) is 0 Å². The molecule has 5 heteroatoms. The van der Waals surface area contributed by atoms with Crippen LogP contribution in [0.25, 0.3) is 0 Å². The largest absolute Gasteiger partial charge is 0.344 e. The summed E-state index contributed by atoms with van der Waals surface area (Å²) in [5.41, 5.74) is 5.67. The molecular formula is C13H25N3O2. The van der Waals surface area contributed by atoms with E-state index in [-0.39, 0.29) is 23.8 Å². The van der Waals surface area contributed by atoms with Gasteiger partial charge < -0.3 is 16.0 Å². The van der Waals surface area contributed by atoms with Crippen molar-refractivity contribution >= 4 is 11.8 Å². The number of likely N-dealkylation sites (tertiary alicyclic amines) is 1. The number of carbonyl (C=O) groups is 2. The zero-order valence-electron chi connectivity index (χ0n) is 11.6. The standard InChI is InChI=1S/C13H25N3O2/c1-9(2)6-10(8-14)7-12(17)15-11-4-5-16(3)13(11)18/h9-11H,4-8,14H2,1-3H3,(H,15,17). The third-order valence-corrected chi connectivity index (χ3v) is 3.37. The van der Waals surface area contributed by atoms with Gasteiger partial charge in [0, 0.05) is 20.0 Å². The summed E-state index contributed by atoms with van der Waals surface area (Å²) in [6.07, 6.45) is 2.07. The van der Waals surface area contributed by atoms with Crippen molar-refractivity contribution in [2.75, 3.05) is 20.1 Å². The monoisotopic (exact) mass is 255 g/mol. The second kappa shape index (κ2) is 6.73. The van der Waals surface area contributed by atoms with Gasteiger partial charge in [-0.05, 0) is 31.2 Å². The van der Waals surface area contributed by atoms with Crippen LogP contribution in [0.15, 0.2) is 0 Å².